The Hall–Kier alpha value is -1.06. The van der Waals surface area contributed by atoms with Gasteiger partial charge in [-0.15, -0.1) is 13.2 Å². The van der Waals surface area contributed by atoms with E-state index in [0.717, 1.165) is 0 Å². The van der Waals surface area contributed by atoms with Crippen molar-refractivity contribution in [2.24, 2.45) is 0 Å². The van der Waals surface area contributed by atoms with E-state index in [1.165, 1.54) is 13.0 Å². The largest absolute Gasteiger partial charge is 0.574 e. The molecular weight excluding hydrogens is 342 g/mol. The average molecular weight is 347 g/mol. The number of pyridine rings is 1. The maximum Gasteiger partial charge on any atom is 0.574 e. The predicted molar refractivity (Wildman–Crippen MR) is 55.3 cm³/mol. The average Bonchev–Trinajstić information content (AvgIpc) is 2.07. The van der Waals surface area contributed by atoms with Crippen LogP contribution in [0, 0.1) is 10.6 Å². The molecule has 0 unspecified atom stereocenters. The van der Waals surface area contributed by atoms with Crippen molar-refractivity contribution in [2.45, 2.75) is 13.3 Å². The summed E-state index contributed by atoms with van der Waals surface area (Å²) in [5.41, 5.74) is -0.427. The fraction of sp³-hybridized carbons (Fsp3) is 0.250. The van der Waals surface area contributed by atoms with E-state index in [9.17, 15) is 18.0 Å². The smallest absolute Gasteiger partial charge is 0.478 e. The van der Waals surface area contributed by atoms with E-state index in [4.69, 9.17) is 5.11 Å². The number of carboxylic acids is 1. The van der Waals surface area contributed by atoms with Crippen molar-refractivity contribution < 1.29 is 27.8 Å². The second-order valence-electron chi connectivity index (χ2n) is 2.78. The van der Waals surface area contributed by atoms with E-state index < -0.39 is 18.2 Å². The van der Waals surface area contributed by atoms with E-state index >= 15 is 0 Å². The maximum atomic E-state index is 12.0. The summed E-state index contributed by atoms with van der Waals surface area (Å²) in [6, 6.07) is 1.17. The summed E-state index contributed by atoms with van der Waals surface area (Å²) < 4.78 is 39.7. The SMILES string of the molecule is Cc1c(C(=O)O)cc(I)nc1OC(F)(F)F. The van der Waals surface area contributed by atoms with Crippen LogP contribution in [-0.4, -0.2) is 22.4 Å². The summed E-state index contributed by atoms with van der Waals surface area (Å²) in [6.45, 7) is 1.20. The van der Waals surface area contributed by atoms with Gasteiger partial charge in [0.2, 0.25) is 5.88 Å². The second kappa shape index (κ2) is 4.44. The molecule has 16 heavy (non-hydrogen) atoms. The monoisotopic (exact) mass is 347 g/mol. The first kappa shape index (κ1) is 13.0. The molecule has 1 N–H and O–H groups in total. The predicted octanol–water partition coefficient (Wildman–Crippen LogP) is 2.59. The Kier molecular flexibility index (Phi) is 3.61. The highest BCUT2D eigenvalue weighted by atomic mass is 127. The lowest BCUT2D eigenvalue weighted by molar-refractivity contribution is -0.276. The third kappa shape index (κ3) is 3.22. The molecule has 8 heteroatoms. The standard InChI is InChI=1S/C8H5F3INO3/c1-3-4(7(14)15)2-5(12)13-6(3)16-8(9,10)11/h2H,1H3,(H,14,15). The Balaban J connectivity index is 3.25. The zero-order chi connectivity index (χ0) is 12.5. The van der Waals surface area contributed by atoms with Gasteiger partial charge in [-0.25, -0.2) is 9.78 Å². The fourth-order valence-electron chi connectivity index (χ4n) is 0.987. The molecule has 0 fully saturated rings. The van der Waals surface area contributed by atoms with E-state index in [2.05, 4.69) is 9.72 Å². The first-order chi connectivity index (χ1) is 7.20. The Morgan fingerprint density at radius 1 is 1.56 bits per heavy atom. The summed E-state index contributed by atoms with van der Waals surface area (Å²) in [5, 5.41) is 8.74. The lowest BCUT2D eigenvalue weighted by Gasteiger charge is -2.11. The van der Waals surface area contributed by atoms with Crippen molar-refractivity contribution in [3.8, 4) is 5.88 Å². The van der Waals surface area contributed by atoms with Crippen LogP contribution in [0.2, 0.25) is 0 Å². The van der Waals surface area contributed by atoms with Crippen LogP contribution in [0.3, 0.4) is 0 Å². The zero-order valence-electron chi connectivity index (χ0n) is 7.80. The highest BCUT2D eigenvalue weighted by molar-refractivity contribution is 14.1. The minimum absolute atomic E-state index is 0.111. The molecule has 0 spiro atoms. The van der Waals surface area contributed by atoms with Crippen molar-refractivity contribution in [2.75, 3.05) is 0 Å². The minimum atomic E-state index is -4.89. The molecule has 0 saturated carbocycles. The van der Waals surface area contributed by atoms with Crippen LogP contribution in [-0.2, 0) is 0 Å². The zero-order valence-corrected chi connectivity index (χ0v) is 9.96. The number of ether oxygens (including phenoxy) is 1. The summed E-state index contributed by atoms with van der Waals surface area (Å²) in [5.74, 6) is -2.07. The quantitative estimate of drug-likeness (QED) is 0.660. The summed E-state index contributed by atoms with van der Waals surface area (Å²) in [7, 11) is 0. The molecule has 0 radical (unpaired) electrons. The van der Waals surface area contributed by atoms with E-state index in [1.807, 2.05) is 0 Å². The van der Waals surface area contributed by atoms with Gasteiger partial charge in [0.05, 0.1) is 5.56 Å². The Labute approximate surface area is 102 Å². The highest BCUT2D eigenvalue weighted by Crippen LogP contribution is 2.27. The molecule has 88 valence electrons. The van der Waals surface area contributed by atoms with E-state index in [0.29, 0.717) is 0 Å². The molecule has 0 amide bonds. The van der Waals surface area contributed by atoms with E-state index in [-0.39, 0.29) is 14.8 Å². The van der Waals surface area contributed by atoms with Gasteiger partial charge in [-0.1, -0.05) is 0 Å². The van der Waals surface area contributed by atoms with Gasteiger partial charge in [0.1, 0.15) is 3.70 Å². The fourth-order valence-corrected chi connectivity index (χ4v) is 1.52. The Morgan fingerprint density at radius 3 is 2.56 bits per heavy atom. The van der Waals surface area contributed by atoms with Gasteiger partial charge in [0, 0.05) is 5.56 Å². The number of halogens is 4. The molecule has 1 aromatic rings. The third-order valence-electron chi connectivity index (χ3n) is 1.64. The summed E-state index contributed by atoms with van der Waals surface area (Å²) in [4.78, 5) is 14.2. The topological polar surface area (TPSA) is 59.4 Å². The number of alkyl halides is 3. The van der Waals surface area contributed by atoms with E-state index in [1.54, 1.807) is 22.6 Å². The van der Waals surface area contributed by atoms with Gasteiger partial charge in [0.25, 0.3) is 0 Å². The van der Waals surface area contributed by atoms with Gasteiger partial charge < -0.3 is 9.84 Å². The molecule has 0 aliphatic rings. The molecule has 0 aromatic carbocycles. The Bertz CT molecular complexity index is 433. The lowest BCUT2D eigenvalue weighted by Crippen LogP contribution is -2.19. The molecule has 0 bridgehead atoms. The number of aromatic nitrogens is 1. The summed E-state index contributed by atoms with van der Waals surface area (Å²) >= 11 is 1.61. The molecule has 1 rings (SSSR count). The van der Waals surface area contributed by atoms with Crippen LogP contribution >= 0.6 is 22.6 Å². The van der Waals surface area contributed by atoms with Crippen LogP contribution in [0.4, 0.5) is 13.2 Å². The number of carboxylic acid groups (broad SMARTS) is 1. The third-order valence-corrected chi connectivity index (χ3v) is 2.19. The van der Waals surface area contributed by atoms with Crippen molar-refractivity contribution in [3.63, 3.8) is 0 Å². The first-order valence-electron chi connectivity index (χ1n) is 3.87. The van der Waals surface area contributed by atoms with Crippen molar-refractivity contribution in [3.05, 3.63) is 20.9 Å². The number of hydrogen-bond acceptors (Lipinski definition) is 3. The number of aromatic carboxylic acids is 1. The normalized spacial score (nSPS) is 11.3. The van der Waals surface area contributed by atoms with Crippen LogP contribution in [0.25, 0.3) is 0 Å². The van der Waals surface area contributed by atoms with Crippen molar-refractivity contribution in [1.82, 2.24) is 4.98 Å². The second-order valence-corrected chi connectivity index (χ2v) is 3.88. The molecule has 0 atom stereocenters. The molecule has 1 aromatic heterocycles. The summed E-state index contributed by atoms with van der Waals surface area (Å²) in [6.07, 6.45) is -4.89. The Morgan fingerprint density at radius 2 is 2.12 bits per heavy atom. The van der Waals surface area contributed by atoms with Crippen LogP contribution in [0.15, 0.2) is 6.07 Å². The number of carbonyl (C=O) groups is 1. The van der Waals surface area contributed by atoms with Crippen molar-refractivity contribution in [1.29, 1.82) is 0 Å². The van der Waals surface area contributed by atoms with Crippen LogP contribution in [0.1, 0.15) is 15.9 Å². The number of rotatable bonds is 2. The van der Waals surface area contributed by atoms with Gasteiger partial charge in [0.15, 0.2) is 0 Å². The van der Waals surface area contributed by atoms with Gasteiger partial charge in [-0.05, 0) is 35.6 Å². The maximum absolute atomic E-state index is 12.0. The number of hydrogen-bond donors (Lipinski definition) is 1. The first-order valence-corrected chi connectivity index (χ1v) is 4.95. The van der Waals surface area contributed by atoms with Gasteiger partial charge >= 0.3 is 12.3 Å². The van der Waals surface area contributed by atoms with Gasteiger partial charge in [-0.3, -0.25) is 0 Å². The molecule has 0 saturated heterocycles. The molecule has 4 nitrogen and oxygen atoms in total. The van der Waals surface area contributed by atoms with Crippen LogP contribution in [0.5, 0.6) is 5.88 Å². The van der Waals surface area contributed by atoms with Crippen molar-refractivity contribution >= 4 is 28.6 Å². The minimum Gasteiger partial charge on any atom is -0.478 e. The molecule has 0 aliphatic carbocycles. The molecule has 1 heterocycles. The number of nitrogens with zero attached hydrogens (tertiary/aromatic N) is 1. The van der Waals surface area contributed by atoms with Crippen LogP contribution < -0.4 is 4.74 Å². The molecule has 0 aliphatic heterocycles. The van der Waals surface area contributed by atoms with Gasteiger partial charge in [-0.2, -0.15) is 0 Å². The molecular formula is C8H5F3INO3. The highest BCUT2D eigenvalue weighted by Gasteiger charge is 2.33. The lowest BCUT2D eigenvalue weighted by atomic mass is 10.1.